The Morgan fingerprint density at radius 3 is 0.877 bits per heavy atom. The van der Waals surface area contributed by atoms with E-state index in [1.807, 2.05) is 131 Å². The molecule has 0 spiro atoms. The molecule has 632 valence electrons. The van der Waals surface area contributed by atoms with Crippen molar-refractivity contribution in [2.45, 2.75) is 364 Å². The van der Waals surface area contributed by atoms with Crippen molar-refractivity contribution in [3.63, 3.8) is 0 Å². The molecule has 0 amide bonds. The summed E-state index contributed by atoms with van der Waals surface area (Å²) in [5.74, 6) is 3.39. The summed E-state index contributed by atoms with van der Waals surface area (Å²) in [5.41, 5.74) is 5.03. The van der Waals surface area contributed by atoms with Gasteiger partial charge in [0.1, 0.15) is 32.7 Å². The molecule has 1 unspecified atom stereocenters. The smallest absolute Gasteiger partial charge is 0.116 e. The number of hydrogen-bond donors (Lipinski definition) is 1. The van der Waals surface area contributed by atoms with Crippen molar-refractivity contribution < 1.29 is 91.1 Å². The van der Waals surface area contributed by atoms with Crippen LogP contribution in [-0.4, -0.2) is 183 Å². The monoisotopic (exact) mass is 1520 g/mol. The third kappa shape index (κ3) is 107. The first-order chi connectivity index (χ1) is 49.7. The highest BCUT2D eigenvalue weighted by Crippen LogP contribution is 2.32. The highest BCUT2D eigenvalue weighted by Gasteiger charge is 2.24. The first kappa shape index (κ1) is 121. The summed E-state index contributed by atoms with van der Waals surface area (Å²) in [4.78, 5) is 43.9. The van der Waals surface area contributed by atoms with Gasteiger partial charge in [0.05, 0.1) is 132 Å². The maximum Gasteiger partial charge on any atom is 0.116 e. The molecule has 0 saturated heterocycles. The Labute approximate surface area is 652 Å². The molecule has 3 rings (SSSR count). The Balaban J connectivity index is -0.000000148. The zero-order valence-corrected chi connectivity index (χ0v) is 74.2. The Morgan fingerprint density at radius 2 is 0.632 bits per heavy atom. The average Bonchev–Trinajstić information content (AvgIpc) is 0.805. The Kier molecular flexibility index (Phi) is 98.9. The molecular weight excluding hydrogens is 1350 g/mol. The summed E-state index contributed by atoms with van der Waals surface area (Å²) in [6.07, 6.45) is 10.8. The number of aliphatic hydroxyl groups excluding tert-OH is 1. The van der Waals surface area contributed by atoms with Gasteiger partial charge in [0.15, 0.2) is 0 Å². The molecule has 0 aliphatic heterocycles. The van der Waals surface area contributed by atoms with Crippen molar-refractivity contribution in [2.24, 2.45) is 17.8 Å². The standard InChI is InChI=1S/C23H32O2.C11H22O2.C10H22O2.C9H20O2.2C8H18O3.C8H18O2.C4H10.C2H2O.C2H4.2CH2O/c1-17(2)24-15-19-7-11-21(12-8-19)23(5,6)22-13-9-20(10-14-22)16-25-18(3)4;1-9(2)13-8-11-5-3-10(7-12)4-6-11;1-9(2)11-7-5-6-8-12-10(3)4;1-7(2)10-6-9(5)11-8(3)4;2*1-7(2)9-5-6-10-11-8(3)4;1-7(2)9-5-6-10-8(3)4;1-4(2)3;1-2-3;3*1-2/h7-14,17-18H,15-16H2,1-6H3;9-12H,3-8H2,1-2H3;9-10H,5-8H2,1-4H3;7-9H,6H2,1-5H3;2*7-8H,5-6H2,1-4H3;7-8H,5-6H2,1-4H3;4H,1-3H3;1H2;1-2H2;2*1H2. The van der Waals surface area contributed by atoms with Crippen molar-refractivity contribution in [1.82, 2.24) is 0 Å². The zero-order valence-electron chi connectivity index (χ0n) is 74.2. The lowest BCUT2D eigenvalue weighted by molar-refractivity contribution is -0.321. The summed E-state index contributed by atoms with van der Waals surface area (Å²) >= 11 is 0. The molecule has 1 aliphatic carbocycles. The number of carbonyl (C=O) groups is 2. The lowest BCUT2D eigenvalue weighted by atomic mass is 9.78. The molecular formula is C87H170O19. The topological polar surface area (TPSA) is 210 Å². The number of benzene rings is 2. The summed E-state index contributed by atoms with van der Waals surface area (Å²) in [5, 5.41) is 8.96. The van der Waals surface area contributed by atoms with Crippen LogP contribution >= 0.6 is 0 Å². The van der Waals surface area contributed by atoms with Crippen LogP contribution in [0.3, 0.4) is 0 Å². The number of hydrogen-bond acceptors (Lipinski definition) is 19. The minimum Gasteiger partial charge on any atom is -0.396 e. The molecule has 19 nitrogen and oxygen atoms in total. The SMILES string of the molecule is C=C.C=C=O.C=O.C=O.CC(C)C.CC(C)OCC(C)OC(C)C.CC(C)OCC1CCC(CO)CC1.CC(C)OCCCCOC(C)C.CC(C)OCCOC(C)C.CC(C)OCCOOC(C)C.CC(C)OCCOOC(C)C.CC(C)OCc1ccc(C(C)(C)c2ccc(COC(C)C)cc2)cc1. The van der Waals surface area contributed by atoms with Gasteiger partial charge >= 0.3 is 0 Å². The molecule has 0 bridgehead atoms. The first-order valence-electron chi connectivity index (χ1n) is 39.1. The van der Waals surface area contributed by atoms with E-state index in [9.17, 15) is 0 Å². The maximum absolute atomic E-state index is 8.96. The van der Waals surface area contributed by atoms with E-state index >= 15 is 0 Å². The van der Waals surface area contributed by atoms with E-state index < -0.39 is 0 Å². The first-order valence-corrected chi connectivity index (χ1v) is 39.1. The van der Waals surface area contributed by atoms with Gasteiger partial charge in [-0.05, 0) is 272 Å². The van der Waals surface area contributed by atoms with E-state index in [1.54, 1.807) is 0 Å². The highest BCUT2D eigenvalue weighted by molar-refractivity contribution is 5.40. The molecule has 2 aromatic rings. The van der Waals surface area contributed by atoms with Gasteiger partial charge in [-0.15, -0.1) is 13.2 Å². The van der Waals surface area contributed by atoms with Gasteiger partial charge in [0.2, 0.25) is 0 Å². The van der Waals surface area contributed by atoms with E-state index in [0.717, 1.165) is 44.5 Å². The van der Waals surface area contributed by atoms with E-state index in [1.165, 1.54) is 53.9 Å². The quantitative estimate of drug-likeness (QED) is 0.0216. The van der Waals surface area contributed by atoms with Crippen LogP contribution in [0.4, 0.5) is 0 Å². The van der Waals surface area contributed by atoms with Crippen molar-refractivity contribution in [1.29, 1.82) is 0 Å². The fourth-order valence-electron chi connectivity index (χ4n) is 7.88. The van der Waals surface area contributed by atoms with Gasteiger partial charge in [-0.1, -0.05) is 83.1 Å². The predicted octanol–water partition coefficient (Wildman–Crippen LogP) is 20.4. The van der Waals surface area contributed by atoms with Gasteiger partial charge in [0.25, 0.3) is 0 Å². The Morgan fingerprint density at radius 1 is 0.377 bits per heavy atom. The van der Waals surface area contributed by atoms with E-state index in [-0.39, 0.29) is 48.1 Å². The summed E-state index contributed by atoms with van der Waals surface area (Å²) in [6, 6.07) is 17.6. The van der Waals surface area contributed by atoms with Crippen LogP contribution in [0.5, 0.6) is 0 Å². The highest BCUT2D eigenvalue weighted by atomic mass is 17.2. The lowest BCUT2D eigenvalue weighted by Gasteiger charge is -2.27. The van der Waals surface area contributed by atoms with Gasteiger partial charge < -0.3 is 66.8 Å². The van der Waals surface area contributed by atoms with Crippen LogP contribution in [0.2, 0.25) is 0 Å². The third-order valence-electron chi connectivity index (χ3n) is 12.8. The van der Waals surface area contributed by atoms with Crippen molar-refractivity contribution in [3.8, 4) is 0 Å². The van der Waals surface area contributed by atoms with Gasteiger partial charge in [-0.2, -0.15) is 0 Å². The largest absolute Gasteiger partial charge is 0.396 e. The van der Waals surface area contributed by atoms with Gasteiger partial charge in [-0.3, -0.25) is 0 Å². The van der Waals surface area contributed by atoms with Gasteiger partial charge in [-0.25, -0.2) is 24.3 Å². The van der Waals surface area contributed by atoms with Crippen molar-refractivity contribution >= 4 is 19.5 Å². The second-order valence-electron chi connectivity index (χ2n) is 29.6. The van der Waals surface area contributed by atoms with Crippen molar-refractivity contribution in [2.75, 3.05) is 72.7 Å². The number of ether oxygens (including phenoxy) is 11. The van der Waals surface area contributed by atoms with E-state index in [2.05, 4.69) is 172 Å². The molecule has 1 aliphatic rings. The third-order valence-corrected chi connectivity index (χ3v) is 12.8. The summed E-state index contributed by atoms with van der Waals surface area (Å²) < 4.78 is 59.6. The normalized spacial score (nSPS) is 13.3. The van der Waals surface area contributed by atoms with Gasteiger partial charge in [0, 0.05) is 31.8 Å². The zero-order chi connectivity index (χ0) is 84.0. The lowest BCUT2D eigenvalue weighted by Crippen LogP contribution is -2.21. The van der Waals surface area contributed by atoms with Crippen LogP contribution in [0.15, 0.2) is 68.3 Å². The number of aliphatic hydroxyl groups is 1. The number of carbonyl (C=O) groups excluding carboxylic acids is 3. The predicted molar refractivity (Wildman–Crippen MR) is 443 cm³/mol. The molecule has 19 heteroatoms. The number of rotatable bonds is 41. The van der Waals surface area contributed by atoms with Crippen LogP contribution < -0.4 is 0 Å². The molecule has 1 fully saturated rings. The average molecular weight is 1520 g/mol. The maximum atomic E-state index is 8.96. The van der Waals surface area contributed by atoms with Crippen LogP contribution in [0, 0.1) is 17.8 Å². The Bertz CT molecular complexity index is 1880. The van der Waals surface area contributed by atoms with Crippen LogP contribution in [0.1, 0.15) is 282 Å². The fourth-order valence-corrected chi connectivity index (χ4v) is 7.88. The van der Waals surface area contributed by atoms with E-state index in [0.29, 0.717) is 115 Å². The van der Waals surface area contributed by atoms with Crippen molar-refractivity contribution in [3.05, 3.63) is 90.5 Å². The molecule has 2 aromatic carbocycles. The minimum atomic E-state index is -0.0329. The summed E-state index contributed by atoms with van der Waals surface area (Å²) in [6.45, 7) is 86.9. The Hall–Kier alpha value is -3.67. The number of unbranched alkanes of at least 4 members (excludes halogenated alkanes) is 1. The molecule has 0 radical (unpaired) electrons. The molecule has 1 N–H and O–H groups in total. The molecule has 0 heterocycles. The summed E-state index contributed by atoms with van der Waals surface area (Å²) in [7, 11) is 0. The molecule has 106 heavy (non-hydrogen) atoms. The second-order valence-corrected chi connectivity index (χ2v) is 29.6. The molecule has 1 saturated carbocycles. The second kappa shape index (κ2) is 86.9. The molecule has 1 atom stereocenters. The minimum absolute atomic E-state index is 0.0329. The van der Waals surface area contributed by atoms with Crippen LogP contribution in [0.25, 0.3) is 0 Å². The van der Waals surface area contributed by atoms with Crippen LogP contribution in [-0.2, 0) is 105 Å². The molecule has 0 aromatic heterocycles. The van der Waals surface area contributed by atoms with E-state index in [4.69, 9.17) is 91.1 Å². The fraction of sp³-hybridized carbons (Fsp3) is 0.793.